The Bertz CT molecular complexity index is 811. The van der Waals surface area contributed by atoms with E-state index in [1.165, 1.54) is 4.31 Å². The summed E-state index contributed by atoms with van der Waals surface area (Å²) in [6, 6.07) is 16.3. The van der Waals surface area contributed by atoms with Crippen LogP contribution in [0.4, 0.5) is 0 Å². The van der Waals surface area contributed by atoms with Crippen molar-refractivity contribution in [1.82, 2.24) is 4.31 Å². The lowest BCUT2D eigenvalue weighted by molar-refractivity contribution is 0.299. The first-order valence-electron chi connectivity index (χ1n) is 8.28. The highest BCUT2D eigenvalue weighted by Crippen LogP contribution is 2.34. The normalized spacial score (nSPS) is 14.0. The maximum atomic E-state index is 13.3. The Kier molecular flexibility index (Phi) is 6.34. The maximum absolute atomic E-state index is 13.3. The highest BCUT2D eigenvalue weighted by atomic mass is 32.2. The number of hydrogen-bond acceptors (Lipinski definition) is 2. The highest BCUT2D eigenvalue weighted by Gasteiger charge is 2.34. The summed E-state index contributed by atoms with van der Waals surface area (Å²) in [6.07, 6.45) is 3.41. The van der Waals surface area contributed by atoms with Crippen LogP contribution in [0, 0.1) is 12.8 Å². The van der Waals surface area contributed by atoms with Crippen molar-refractivity contribution in [2.24, 2.45) is 5.92 Å². The quantitative estimate of drug-likeness (QED) is 0.642. The van der Waals surface area contributed by atoms with Crippen molar-refractivity contribution in [2.45, 2.75) is 24.8 Å². The minimum Gasteiger partial charge on any atom is -0.207 e. The maximum Gasteiger partial charge on any atom is 0.243 e. The lowest BCUT2D eigenvalue weighted by Gasteiger charge is -2.33. The molecule has 0 aromatic heterocycles. The molecule has 2 atom stereocenters. The van der Waals surface area contributed by atoms with Crippen LogP contribution >= 0.6 is 0 Å². The average Bonchev–Trinajstić information content (AvgIpc) is 2.62. The molecule has 0 saturated heterocycles. The molecule has 2 aromatic rings. The second kappa shape index (κ2) is 8.28. The van der Waals surface area contributed by atoms with Crippen LogP contribution in [0.2, 0.25) is 0 Å². The Hall–Kier alpha value is -2.17. The van der Waals surface area contributed by atoms with Crippen LogP contribution in [0.1, 0.15) is 24.1 Å². The van der Waals surface area contributed by atoms with E-state index in [0.29, 0.717) is 0 Å². The van der Waals surface area contributed by atoms with Gasteiger partial charge in [0.15, 0.2) is 0 Å². The van der Waals surface area contributed by atoms with E-state index in [2.05, 4.69) is 13.2 Å². The molecule has 0 bridgehead atoms. The van der Waals surface area contributed by atoms with Gasteiger partial charge in [0.1, 0.15) is 0 Å². The molecule has 25 heavy (non-hydrogen) atoms. The van der Waals surface area contributed by atoms with E-state index < -0.39 is 10.0 Å². The first-order valence-corrected chi connectivity index (χ1v) is 9.72. The molecule has 4 heteroatoms. The number of nitrogens with zero attached hydrogens (tertiary/aromatic N) is 1. The van der Waals surface area contributed by atoms with Crippen LogP contribution in [-0.2, 0) is 10.0 Å². The fourth-order valence-corrected chi connectivity index (χ4v) is 4.51. The van der Waals surface area contributed by atoms with Gasteiger partial charge in [-0.1, -0.05) is 67.1 Å². The van der Waals surface area contributed by atoms with E-state index in [1.807, 2.05) is 56.3 Å². The van der Waals surface area contributed by atoms with Gasteiger partial charge in [0.25, 0.3) is 0 Å². The van der Waals surface area contributed by atoms with Crippen molar-refractivity contribution in [3.05, 3.63) is 91.0 Å². The molecule has 2 rings (SSSR count). The van der Waals surface area contributed by atoms with Crippen molar-refractivity contribution < 1.29 is 8.42 Å². The molecule has 0 aliphatic rings. The summed E-state index contributed by atoms with van der Waals surface area (Å²) in [5.74, 6) is -0.0532. The Morgan fingerprint density at radius 2 is 1.64 bits per heavy atom. The fraction of sp³-hybridized carbons (Fsp3) is 0.238. The van der Waals surface area contributed by atoms with Crippen LogP contribution < -0.4 is 0 Å². The number of hydrogen-bond donors (Lipinski definition) is 0. The van der Waals surface area contributed by atoms with Crippen molar-refractivity contribution >= 4 is 10.0 Å². The number of aryl methyl sites for hydroxylation is 1. The van der Waals surface area contributed by atoms with Gasteiger partial charge < -0.3 is 0 Å². The fourth-order valence-electron chi connectivity index (χ4n) is 2.85. The molecule has 0 heterocycles. The van der Waals surface area contributed by atoms with E-state index in [-0.39, 0.29) is 23.4 Å². The zero-order valence-corrected chi connectivity index (χ0v) is 15.6. The summed E-state index contributed by atoms with van der Waals surface area (Å²) < 4.78 is 28.1. The predicted octanol–water partition coefficient (Wildman–Crippen LogP) is 4.74. The van der Waals surface area contributed by atoms with Gasteiger partial charge in [0.05, 0.1) is 10.9 Å². The Morgan fingerprint density at radius 3 is 2.16 bits per heavy atom. The minimum absolute atomic E-state index is 0.0532. The largest absolute Gasteiger partial charge is 0.243 e. The number of benzene rings is 2. The van der Waals surface area contributed by atoms with Gasteiger partial charge >= 0.3 is 0 Å². The standard InChI is InChI=1S/C21H25NO2S/c1-5-16-22(25(23,24)20-14-12-17(3)13-15-20)21(18(4)6-2)19-10-8-7-9-11-19/h5-15,18,21H,1-2,16H2,3-4H3. The zero-order valence-electron chi connectivity index (χ0n) is 14.8. The van der Waals surface area contributed by atoms with E-state index in [4.69, 9.17) is 0 Å². The molecule has 0 saturated carbocycles. The summed E-state index contributed by atoms with van der Waals surface area (Å²) in [7, 11) is -3.67. The summed E-state index contributed by atoms with van der Waals surface area (Å²) in [6.45, 7) is 11.8. The molecule has 132 valence electrons. The van der Waals surface area contributed by atoms with Crippen LogP contribution in [0.15, 0.2) is 84.8 Å². The van der Waals surface area contributed by atoms with Gasteiger partial charge in [0.2, 0.25) is 10.0 Å². The molecule has 0 N–H and O–H groups in total. The van der Waals surface area contributed by atoms with Crippen molar-refractivity contribution in [1.29, 1.82) is 0 Å². The van der Waals surface area contributed by atoms with Crippen LogP contribution in [0.3, 0.4) is 0 Å². The number of rotatable bonds is 8. The molecule has 0 aliphatic carbocycles. The van der Waals surface area contributed by atoms with Gasteiger partial charge in [-0.05, 0) is 30.5 Å². The van der Waals surface area contributed by atoms with Crippen molar-refractivity contribution in [3.8, 4) is 0 Å². The Balaban J connectivity index is 2.57. The van der Waals surface area contributed by atoms with Crippen LogP contribution in [0.5, 0.6) is 0 Å². The third-order valence-corrected chi connectivity index (χ3v) is 6.12. The number of sulfonamides is 1. The van der Waals surface area contributed by atoms with Gasteiger partial charge in [-0.25, -0.2) is 8.42 Å². The van der Waals surface area contributed by atoms with Crippen molar-refractivity contribution in [3.63, 3.8) is 0 Å². The zero-order chi connectivity index (χ0) is 18.4. The average molecular weight is 356 g/mol. The predicted molar refractivity (Wildman–Crippen MR) is 104 cm³/mol. The van der Waals surface area contributed by atoms with Gasteiger partial charge in [0, 0.05) is 6.54 Å². The summed E-state index contributed by atoms with van der Waals surface area (Å²) in [4.78, 5) is 0.289. The third-order valence-electron chi connectivity index (χ3n) is 4.26. The van der Waals surface area contributed by atoms with Crippen LogP contribution in [0.25, 0.3) is 0 Å². The van der Waals surface area contributed by atoms with Crippen molar-refractivity contribution in [2.75, 3.05) is 6.54 Å². The van der Waals surface area contributed by atoms with E-state index in [1.54, 1.807) is 24.3 Å². The molecule has 0 fully saturated rings. The second-order valence-electron chi connectivity index (χ2n) is 6.13. The Morgan fingerprint density at radius 1 is 1.04 bits per heavy atom. The second-order valence-corrected chi connectivity index (χ2v) is 8.02. The van der Waals surface area contributed by atoms with E-state index in [0.717, 1.165) is 11.1 Å². The molecular formula is C21H25NO2S. The molecule has 0 aliphatic heterocycles. The molecule has 0 amide bonds. The summed E-state index contributed by atoms with van der Waals surface area (Å²) in [5, 5.41) is 0. The van der Waals surface area contributed by atoms with Gasteiger partial charge in [-0.3, -0.25) is 0 Å². The summed E-state index contributed by atoms with van der Waals surface area (Å²) in [5.41, 5.74) is 1.96. The monoisotopic (exact) mass is 355 g/mol. The van der Waals surface area contributed by atoms with E-state index in [9.17, 15) is 8.42 Å². The third kappa shape index (κ3) is 4.27. The van der Waals surface area contributed by atoms with Gasteiger partial charge in [-0.15, -0.1) is 13.2 Å². The molecular weight excluding hydrogens is 330 g/mol. The SMILES string of the molecule is C=CCN(C(c1ccccc1)C(C)C=C)S(=O)(=O)c1ccc(C)cc1. The molecule has 2 aromatic carbocycles. The lowest BCUT2D eigenvalue weighted by Crippen LogP contribution is -2.37. The van der Waals surface area contributed by atoms with Crippen LogP contribution in [-0.4, -0.2) is 19.3 Å². The summed E-state index contributed by atoms with van der Waals surface area (Å²) >= 11 is 0. The highest BCUT2D eigenvalue weighted by molar-refractivity contribution is 7.89. The smallest absolute Gasteiger partial charge is 0.207 e. The minimum atomic E-state index is -3.67. The van der Waals surface area contributed by atoms with Gasteiger partial charge in [-0.2, -0.15) is 4.31 Å². The first kappa shape index (κ1) is 19.2. The van der Waals surface area contributed by atoms with E-state index >= 15 is 0 Å². The molecule has 2 unspecified atom stereocenters. The molecule has 0 spiro atoms. The molecule has 3 nitrogen and oxygen atoms in total. The topological polar surface area (TPSA) is 37.4 Å². The Labute approximate surface area is 151 Å². The lowest BCUT2D eigenvalue weighted by atomic mass is 9.94. The first-order chi connectivity index (χ1) is 11.9. The molecule has 0 radical (unpaired) electrons.